The van der Waals surface area contributed by atoms with Crippen LogP contribution in [0.15, 0.2) is 36.7 Å². The van der Waals surface area contributed by atoms with Crippen LogP contribution in [-0.4, -0.2) is 51.9 Å². The molecule has 0 aliphatic carbocycles. The fraction of sp³-hybridized carbons (Fsp3) is 0.429. The molecule has 2 aromatic rings. The minimum Gasteiger partial charge on any atom is -0.493 e. The Labute approximate surface area is 165 Å². The van der Waals surface area contributed by atoms with Gasteiger partial charge in [-0.05, 0) is 43.0 Å². The number of ether oxygens (including phenoxy) is 3. The summed E-state index contributed by atoms with van der Waals surface area (Å²) in [7, 11) is 4.59. The third-order valence-corrected chi connectivity index (χ3v) is 5.13. The zero-order valence-corrected chi connectivity index (χ0v) is 16.6. The Morgan fingerprint density at radius 1 is 1.11 bits per heavy atom. The molecule has 0 bridgehead atoms. The number of carbonyl (C=O) groups excluding carboxylic acids is 1. The number of benzene rings is 1. The smallest absolute Gasteiger partial charge is 0.255 e. The fourth-order valence-electron chi connectivity index (χ4n) is 3.55. The van der Waals surface area contributed by atoms with Crippen molar-refractivity contribution in [3.8, 4) is 17.2 Å². The van der Waals surface area contributed by atoms with Crippen LogP contribution in [0.4, 0.5) is 5.69 Å². The molecule has 2 heterocycles. The lowest BCUT2D eigenvalue weighted by atomic mass is 9.96. The lowest BCUT2D eigenvalue weighted by molar-refractivity contribution is 0.0941. The van der Waals surface area contributed by atoms with E-state index in [1.807, 2.05) is 12.3 Å². The van der Waals surface area contributed by atoms with Gasteiger partial charge in [0.1, 0.15) is 0 Å². The third kappa shape index (κ3) is 4.30. The molecular formula is C21H27N3O4. The molecule has 1 saturated heterocycles. The molecule has 1 aliphatic heterocycles. The Kier molecular flexibility index (Phi) is 6.57. The molecule has 1 aliphatic rings. The van der Waals surface area contributed by atoms with Crippen LogP contribution in [-0.2, 0) is 0 Å². The Morgan fingerprint density at radius 2 is 1.86 bits per heavy atom. The van der Waals surface area contributed by atoms with Crippen molar-refractivity contribution in [1.29, 1.82) is 0 Å². The van der Waals surface area contributed by atoms with Gasteiger partial charge in [0.2, 0.25) is 5.75 Å². The second-order valence-corrected chi connectivity index (χ2v) is 6.73. The first kappa shape index (κ1) is 19.8. The lowest BCUT2D eigenvalue weighted by Gasteiger charge is -2.33. The highest BCUT2D eigenvalue weighted by Crippen LogP contribution is 2.39. The summed E-state index contributed by atoms with van der Waals surface area (Å²) in [6, 6.07) is 7.44. The van der Waals surface area contributed by atoms with Gasteiger partial charge < -0.3 is 24.4 Å². The number of nitrogens with zero attached hydrogens (tertiary/aromatic N) is 2. The molecule has 0 atom stereocenters. The number of amides is 1. The molecule has 1 amide bonds. The van der Waals surface area contributed by atoms with Gasteiger partial charge in [0.25, 0.3) is 5.91 Å². The monoisotopic (exact) mass is 385 g/mol. The second-order valence-electron chi connectivity index (χ2n) is 6.73. The first-order valence-electron chi connectivity index (χ1n) is 9.40. The van der Waals surface area contributed by atoms with E-state index in [2.05, 4.69) is 21.3 Å². The van der Waals surface area contributed by atoms with Crippen molar-refractivity contribution >= 4 is 11.6 Å². The first-order chi connectivity index (χ1) is 13.7. The minimum atomic E-state index is -0.174. The molecular weight excluding hydrogens is 358 g/mol. The summed E-state index contributed by atoms with van der Waals surface area (Å²) in [5, 5.41) is 3.04. The van der Waals surface area contributed by atoms with Gasteiger partial charge in [-0.3, -0.25) is 9.78 Å². The molecule has 0 spiro atoms. The van der Waals surface area contributed by atoms with Crippen LogP contribution in [0.1, 0.15) is 23.2 Å². The highest BCUT2D eigenvalue weighted by Gasteiger charge is 2.23. The van der Waals surface area contributed by atoms with Gasteiger partial charge in [-0.2, -0.15) is 0 Å². The molecule has 1 N–H and O–H groups in total. The van der Waals surface area contributed by atoms with E-state index in [9.17, 15) is 4.79 Å². The van der Waals surface area contributed by atoms with Gasteiger partial charge in [0.05, 0.1) is 38.8 Å². The van der Waals surface area contributed by atoms with Gasteiger partial charge in [-0.25, -0.2) is 0 Å². The van der Waals surface area contributed by atoms with E-state index in [1.165, 1.54) is 14.2 Å². The molecule has 28 heavy (non-hydrogen) atoms. The van der Waals surface area contributed by atoms with Gasteiger partial charge in [-0.15, -0.1) is 0 Å². The minimum absolute atomic E-state index is 0.174. The molecule has 0 unspecified atom stereocenters. The SMILES string of the molecule is COc1ccc(C(=O)NCC2CCN(c3cccnc3)CC2)c(OC)c1OC. The first-order valence-corrected chi connectivity index (χ1v) is 9.40. The van der Waals surface area contributed by atoms with Crippen molar-refractivity contribution in [2.75, 3.05) is 45.9 Å². The Balaban J connectivity index is 1.58. The van der Waals surface area contributed by atoms with E-state index < -0.39 is 0 Å². The Hall–Kier alpha value is -2.96. The van der Waals surface area contributed by atoms with E-state index >= 15 is 0 Å². The largest absolute Gasteiger partial charge is 0.493 e. The fourth-order valence-corrected chi connectivity index (χ4v) is 3.55. The van der Waals surface area contributed by atoms with E-state index in [0.29, 0.717) is 35.3 Å². The van der Waals surface area contributed by atoms with Crippen molar-refractivity contribution in [1.82, 2.24) is 10.3 Å². The van der Waals surface area contributed by atoms with Gasteiger partial charge in [-0.1, -0.05) is 0 Å². The number of hydrogen-bond donors (Lipinski definition) is 1. The van der Waals surface area contributed by atoms with Crippen LogP contribution in [0.2, 0.25) is 0 Å². The number of anilines is 1. The normalized spacial score (nSPS) is 14.5. The standard InChI is InChI=1S/C21H27N3O4/c1-26-18-7-6-17(19(27-2)20(18)28-3)21(25)23-13-15-8-11-24(12-9-15)16-5-4-10-22-14-16/h4-7,10,14-15H,8-9,11-13H2,1-3H3,(H,23,25). The molecule has 0 saturated carbocycles. The van der Waals surface area contributed by atoms with Crippen molar-refractivity contribution < 1.29 is 19.0 Å². The number of hydrogen-bond acceptors (Lipinski definition) is 6. The number of aromatic nitrogens is 1. The maximum atomic E-state index is 12.7. The molecule has 7 heteroatoms. The number of pyridine rings is 1. The van der Waals surface area contributed by atoms with Crippen LogP contribution in [0, 0.1) is 5.92 Å². The summed E-state index contributed by atoms with van der Waals surface area (Å²) in [6.07, 6.45) is 5.73. The topological polar surface area (TPSA) is 72.9 Å². The summed E-state index contributed by atoms with van der Waals surface area (Å²) in [4.78, 5) is 19.2. The zero-order valence-electron chi connectivity index (χ0n) is 16.6. The van der Waals surface area contributed by atoms with Gasteiger partial charge in [0, 0.05) is 25.8 Å². The lowest BCUT2D eigenvalue weighted by Crippen LogP contribution is -2.38. The predicted octanol–water partition coefficient (Wildman–Crippen LogP) is 2.75. The highest BCUT2D eigenvalue weighted by atomic mass is 16.5. The zero-order chi connectivity index (χ0) is 19.9. The molecule has 1 aromatic heterocycles. The number of rotatable bonds is 7. The molecule has 1 fully saturated rings. The summed E-state index contributed by atoms with van der Waals surface area (Å²) in [5.74, 6) is 1.60. The average Bonchev–Trinajstić information content (AvgIpc) is 2.77. The van der Waals surface area contributed by atoms with Crippen LogP contribution in [0.25, 0.3) is 0 Å². The van der Waals surface area contributed by atoms with Crippen LogP contribution < -0.4 is 24.4 Å². The number of piperidine rings is 1. The van der Waals surface area contributed by atoms with Crippen LogP contribution >= 0.6 is 0 Å². The molecule has 0 radical (unpaired) electrons. The Bertz CT molecular complexity index is 790. The maximum absolute atomic E-state index is 12.7. The van der Waals surface area contributed by atoms with Gasteiger partial charge >= 0.3 is 0 Å². The second kappa shape index (κ2) is 9.30. The maximum Gasteiger partial charge on any atom is 0.255 e. The number of nitrogens with one attached hydrogen (secondary N) is 1. The van der Waals surface area contributed by atoms with E-state index in [0.717, 1.165) is 31.6 Å². The van der Waals surface area contributed by atoms with Gasteiger partial charge in [0.15, 0.2) is 11.5 Å². The number of methoxy groups -OCH3 is 3. The van der Waals surface area contributed by atoms with Crippen LogP contribution in [0.3, 0.4) is 0 Å². The Morgan fingerprint density at radius 3 is 2.46 bits per heavy atom. The van der Waals surface area contributed by atoms with Crippen LogP contribution in [0.5, 0.6) is 17.2 Å². The van der Waals surface area contributed by atoms with Crippen molar-refractivity contribution in [2.45, 2.75) is 12.8 Å². The molecule has 1 aromatic carbocycles. The molecule has 7 nitrogen and oxygen atoms in total. The summed E-state index contributed by atoms with van der Waals surface area (Å²) in [6.45, 7) is 2.56. The van der Waals surface area contributed by atoms with E-state index in [1.54, 1.807) is 25.4 Å². The third-order valence-electron chi connectivity index (χ3n) is 5.13. The number of carbonyl (C=O) groups is 1. The molecule has 150 valence electrons. The van der Waals surface area contributed by atoms with E-state index in [-0.39, 0.29) is 5.91 Å². The highest BCUT2D eigenvalue weighted by molar-refractivity contribution is 5.98. The summed E-state index contributed by atoms with van der Waals surface area (Å²) < 4.78 is 16.0. The van der Waals surface area contributed by atoms with E-state index in [4.69, 9.17) is 14.2 Å². The average molecular weight is 385 g/mol. The van der Waals surface area contributed by atoms with Crippen molar-refractivity contribution in [3.05, 3.63) is 42.2 Å². The van der Waals surface area contributed by atoms with Crippen molar-refractivity contribution in [2.24, 2.45) is 5.92 Å². The quantitative estimate of drug-likeness (QED) is 0.790. The predicted molar refractivity (Wildman–Crippen MR) is 108 cm³/mol. The van der Waals surface area contributed by atoms with Crippen molar-refractivity contribution in [3.63, 3.8) is 0 Å². The summed E-state index contributed by atoms with van der Waals surface area (Å²) >= 11 is 0. The summed E-state index contributed by atoms with van der Waals surface area (Å²) in [5.41, 5.74) is 1.59. The molecule has 3 rings (SSSR count).